The van der Waals surface area contributed by atoms with E-state index in [1.54, 1.807) is 42.5 Å². The van der Waals surface area contributed by atoms with Crippen molar-refractivity contribution in [2.75, 3.05) is 18.5 Å². The van der Waals surface area contributed by atoms with Gasteiger partial charge in [-0.15, -0.1) is 0 Å². The fourth-order valence-corrected chi connectivity index (χ4v) is 3.77. The molecule has 1 N–H and O–H groups in total. The predicted molar refractivity (Wildman–Crippen MR) is 125 cm³/mol. The average molecular weight is 457 g/mol. The molecule has 0 saturated carbocycles. The normalized spacial score (nSPS) is 11.9. The molecule has 7 nitrogen and oxygen atoms in total. The zero-order valence-electron chi connectivity index (χ0n) is 18.6. The number of carbonyl (C=O) groups excluding carboxylic acids is 4. The maximum absolute atomic E-state index is 13.0. The van der Waals surface area contributed by atoms with Crippen LogP contribution in [0.2, 0.25) is 0 Å². The molecule has 3 aromatic rings. The van der Waals surface area contributed by atoms with Crippen LogP contribution in [0.1, 0.15) is 50.2 Å². The molecule has 0 unspecified atom stereocenters. The van der Waals surface area contributed by atoms with Crippen molar-refractivity contribution < 1.29 is 28.7 Å². The molecule has 4 rings (SSSR count). The van der Waals surface area contributed by atoms with Gasteiger partial charge in [-0.2, -0.15) is 0 Å². The molecule has 7 heteroatoms. The van der Waals surface area contributed by atoms with Crippen molar-refractivity contribution in [2.45, 2.75) is 19.8 Å². The number of hydrogen-bond donors (Lipinski definition) is 1. The molecule has 0 aliphatic heterocycles. The van der Waals surface area contributed by atoms with E-state index < -0.39 is 18.5 Å². The second kappa shape index (κ2) is 10.1. The van der Waals surface area contributed by atoms with Crippen molar-refractivity contribution in [3.63, 3.8) is 0 Å². The lowest BCUT2D eigenvalue weighted by Gasteiger charge is -2.20. The minimum atomic E-state index is -0.600. The number of hydrogen-bond acceptors (Lipinski definition) is 6. The Balaban J connectivity index is 1.30. The first kappa shape index (κ1) is 22.9. The molecular formula is C27H23NO6. The summed E-state index contributed by atoms with van der Waals surface area (Å²) in [6.07, 6.45) is 0.542. The van der Waals surface area contributed by atoms with Crippen molar-refractivity contribution in [1.29, 1.82) is 0 Å². The fourth-order valence-electron chi connectivity index (χ4n) is 3.77. The Morgan fingerprint density at radius 2 is 1.56 bits per heavy atom. The van der Waals surface area contributed by atoms with Gasteiger partial charge in [-0.25, -0.2) is 0 Å². The molecule has 1 amide bonds. The summed E-state index contributed by atoms with van der Waals surface area (Å²) in [7, 11) is 0. The van der Waals surface area contributed by atoms with Gasteiger partial charge in [-0.1, -0.05) is 48.5 Å². The number of benzene rings is 3. The molecule has 0 bridgehead atoms. The Hall–Kier alpha value is -4.26. The van der Waals surface area contributed by atoms with Crippen LogP contribution in [0.25, 0.3) is 0 Å². The molecular weight excluding hydrogens is 434 g/mol. The van der Waals surface area contributed by atoms with Crippen LogP contribution in [0.15, 0.2) is 66.7 Å². The molecule has 0 radical (unpaired) electrons. The monoisotopic (exact) mass is 457 g/mol. The highest BCUT2D eigenvalue weighted by Crippen LogP contribution is 2.31. The summed E-state index contributed by atoms with van der Waals surface area (Å²) in [6, 6.07) is 18.9. The van der Waals surface area contributed by atoms with Gasteiger partial charge in [0.2, 0.25) is 0 Å². The van der Waals surface area contributed by atoms with Crippen LogP contribution in [-0.2, 0) is 14.3 Å². The Morgan fingerprint density at radius 3 is 2.32 bits per heavy atom. The number of ketones is 2. The first-order chi connectivity index (χ1) is 16.4. The average Bonchev–Trinajstić information content (AvgIpc) is 2.84. The molecule has 0 heterocycles. The standard InChI is InChI=1S/C27H23NO6/c1-17-7-4-8-18(15-17)33-14-6-13-24(30)34-16-23(29)28-22-12-5-11-21-25(22)27(32)20-10-3-2-9-19(20)26(21)31/h2-5,7-12,15H,6,13-14,16H2,1H3,(H,28,29). The van der Waals surface area contributed by atoms with Crippen molar-refractivity contribution in [2.24, 2.45) is 0 Å². The van der Waals surface area contributed by atoms with Crippen LogP contribution in [0, 0.1) is 6.92 Å². The van der Waals surface area contributed by atoms with Crippen LogP contribution in [0.4, 0.5) is 5.69 Å². The lowest BCUT2D eigenvalue weighted by atomic mass is 9.83. The minimum absolute atomic E-state index is 0.101. The minimum Gasteiger partial charge on any atom is -0.494 e. The third-order valence-electron chi connectivity index (χ3n) is 5.37. The molecule has 1 aliphatic carbocycles. The number of ether oxygens (including phenoxy) is 2. The van der Waals surface area contributed by atoms with Crippen LogP contribution in [0.3, 0.4) is 0 Å². The van der Waals surface area contributed by atoms with Gasteiger partial charge in [-0.05, 0) is 37.1 Å². The number of esters is 1. The fraction of sp³-hybridized carbons (Fsp3) is 0.185. The van der Waals surface area contributed by atoms with Crippen LogP contribution in [-0.4, -0.2) is 36.7 Å². The third kappa shape index (κ3) is 5.04. The highest BCUT2D eigenvalue weighted by Gasteiger charge is 2.31. The summed E-state index contributed by atoms with van der Waals surface area (Å²) in [5.41, 5.74) is 2.28. The second-order valence-electron chi connectivity index (χ2n) is 7.91. The van der Waals surface area contributed by atoms with E-state index in [-0.39, 0.29) is 34.8 Å². The van der Waals surface area contributed by atoms with Gasteiger partial charge in [0.1, 0.15) is 5.75 Å². The van der Waals surface area contributed by atoms with Crippen molar-refractivity contribution in [3.8, 4) is 5.75 Å². The number of rotatable bonds is 8. The summed E-state index contributed by atoms with van der Waals surface area (Å²) < 4.78 is 10.6. The Labute approximate surface area is 196 Å². The smallest absolute Gasteiger partial charge is 0.306 e. The highest BCUT2D eigenvalue weighted by molar-refractivity contribution is 6.30. The van der Waals surface area contributed by atoms with E-state index in [0.29, 0.717) is 24.2 Å². The topological polar surface area (TPSA) is 98.8 Å². The number of nitrogens with one attached hydrogen (secondary N) is 1. The van der Waals surface area contributed by atoms with E-state index in [4.69, 9.17) is 9.47 Å². The van der Waals surface area contributed by atoms with Gasteiger partial charge in [0.25, 0.3) is 5.91 Å². The summed E-state index contributed by atoms with van der Waals surface area (Å²) in [5, 5.41) is 2.59. The molecule has 34 heavy (non-hydrogen) atoms. The number of carbonyl (C=O) groups is 4. The molecule has 0 atom stereocenters. The second-order valence-corrected chi connectivity index (χ2v) is 7.91. The Morgan fingerprint density at radius 1 is 0.853 bits per heavy atom. The molecule has 0 fully saturated rings. The SMILES string of the molecule is Cc1cccc(OCCCC(=O)OCC(=O)Nc2cccc3c2C(=O)c2ccccc2C3=O)c1. The Kier molecular flexibility index (Phi) is 6.82. The number of aryl methyl sites for hydroxylation is 1. The van der Waals surface area contributed by atoms with E-state index in [2.05, 4.69) is 5.32 Å². The van der Waals surface area contributed by atoms with E-state index in [1.807, 2.05) is 31.2 Å². The van der Waals surface area contributed by atoms with Crippen LogP contribution < -0.4 is 10.1 Å². The molecule has 3 aromatic carbocycles. The van der Waals surface area contributed by atoms with E-state index in [0.717, 1.165) is 11.3 Å². The van der Waals surface area contributed by atoms with Gasteiger partial charge in [0, 0.05) is 23.1 Å². The summed E-state index contributed by atoms with van der Waals surface area (Å²) in [4.78, 5) is 50.1. The third-order valence-corrected chi connectivity index (χ3v) is 5.37. The first-order valence-corrected chi connectivity index (χ1v) is 10.9. The van der Waals surface area contributed by atoms with Gasteiger partial charge in [0.15, 0.2) is 18.2 Å². The van der Waals surface area contributed by atoms with Gasteiger partial charge < -0.3 is 14.8 Å². The maximum Gasteiger partial charge on any atom is 0.306 e. The molecule has 0 saturated heterocycles. The van der Waals surface area contributed by atoms with Gasteiger partial charge >= 0.3 is 5.97 Å². The predicted octanol–water partition coefficient (Wildman–Crippen LogP) is 4.11. The van der Waals surface area contributed by atoms with Gasteiger partial charge in [-0.3, -0.25) is 19.2 Å². The van der Waals surface area contributed by atoms with Crippen molar-refractivity contribution >= 4 is 29.1 Å². The summed E-state index contributed by atoms with van der Waals surface area (Å²) in [6.45, 7) is 1.81. The molecule has 172 valence electrons. The van der Waals surface area contributed by atoms with Crippen LogP contribution in [0.5, 0.6) is 5.75 Å². The molecule has 0 aromatic heterocycles. The van der Waals surface area contributed by atoms with Crippen molar-refractivity contribution in [3.05, 3.63) is 94.5 Å². The lowest BCUT2D eigenvalue weighted by molar-refractivity contribution is -0.147. The maximum atomic E-state index is 13.0. The number of amides is 1. The zero-order chi connectivity index (χ0) is 24.1. The summed E-state index contributed by atoms with van der Waals surface area (Å²) in [5.74, 6) is -1.02. The molecule has 0 spiro atoms. The van der Waals surface area contributed by atoms with Gasteiger partial charge in [0.05, 0.1) is 17.9 Å². The van der Waals surface area contributed by atoms with E-state index >= 15 is 0 Å². The lowest BCUT2D eigenvalue weighted by Crippen LogP contribution is -2.26. The van der Waals surface area contributed by atoms with Crippen molar-refractivity contribution in [1.82, 2.24) is 0 Å². The molecule has 1 aliphatic rings. The first-order valence-electron chi connectivity index (χ1n) is 10.9. The summed E-state index contributed by atoms with van der Waals surface area (Å²) >= 11 is 0. The number of fused-ring (bicyclic) bond motifs is 2. The van der Waals surface area contributed by atoms with Crippen LogP contribution >= 0.6 is 0 Å². The zero-order valence-corrected chi connectivity index (χ0v) is 18.6. The quantitative estimate of drug-likeness (QED) is 0.316. The number of anilines is 1. The highest BCUT2D eigenvalue weighted by atomic mass is 16.5. The Bertz CT molecular complexity index is 1280. The largest absolute Gasteiger partial charge is 0.494 e. The van der Waals surface area contributed by atoms with E-state index in [1.165, 1.54) is 0 Å². The van der Waals surface area contributed by atoms with E-state index in [9.17, 15) is 19.2 Å².